The van der Waals surface area contributed by atoms with E-state index in [2.05, 4.69) is 5.32 Å². The van der Waals surface area contributed by atoms with Gasteiger partial charge in [0.25, 0.3) is 5.91 Å². The Kier molecular flexibility index (Phi) is 7.12. The first-order valence-corrected chi connectivity index (χ1v) is 10.0. The lowest BCUT2D eigenvalue weighted by atomic mass is 10.1. The number of esters is 1. The minimum atomic E-state index is -0.610. The normalized spacial score (nSPS) is 15.5. The van der Waals surface area contributed by atoms with Gasteiger partial charge in [-0.05, 0) is 30.2 Å². The molecule has 2 aromatic carbocycles. The molecule has 8 heteroatoms. The minimum Gasteiger partial charge on any atom is -0.497 e. The third kappa shape index (κ3) is 5.14. The van der Waals surface area contributed by atoms with Crippen LogP contribution in [0.4, 0.5) is 11.4 Å². The standard InChI is InChI=1S/C23H26N2O6/c1-4-15-7-5-6-8-19(15)25-13-16(11-22(25)27)23(28)31-14-21(26)24-18-10-9-17(29-2)12-20(18)30-3/h5-10,12,16H,4,11,13-14H2,1-3H3,(H,24,26)/t16-/m0/s1. The maximum Gasteiger partial charge on any atom is 0.311 e. The van der Waals surface area contributed by atoms with E-state index in [0.29, 0.717) is 17.2 Å². The third-order valence-electron chi connectivity index (χ3n) is 5.15. The molecule has 31 heavy (non-hydrogen) atoms. The van der Waals surface area contributed by atoms with Crippen molar-refractivity contribution in [1.82, 2.24) is 0 Å². The number of hydrogen-bond donors (Lipinski definition) is 1. The van der Waals surface area contributed by atoms with Crippen molar-refractivity contribution < 1.29 is 28.6 Å². The summed E-state index contributed by atoms with van der Waals surface area (Å²) in [6.45, 7) is 1.80. The number of methoxy groups -OCH3 is 2. The number of rotatable bonds is 8. The molecule has 1 N–H and O–H groups in total. The largest absolute Gasteiger partial charge is 0.497 e. The van der Waals surface area contributed by atoms with Crippen molar-refractivity contribution in [2.45, 2.75) is 19.8 Å². The van der Waals surface area contributed by atoms with Crippen LogP contribution < -0.4 is 19.7 Å². The predicted molar refractivity (Wildman–Crippen MR) is 115 cm³/mol. The molecule has 1 atom stereocenters. The van der Waals surface area contributed by atoms with Crippen molar-refractivity contribution in [1.29, 1.82) is 0 Å². The second-order valence-corrected chi connectivity index (χ2v) is 7.11. The zero-order chi connectivity index (χ0) is 22.4. The van der Waals surface area contributed by atoms with Crippen LogP contribution in [0.2, 0.25) is 0 Å². The fraction of sp³-hybridized carbons (Fsp3) is 0.348. The van der Waals surface area contributed by atoms with Gasteiger partial charge in [0, 0.05) is 24.7 Å². The van der Waals surface area contributed by atoms with Crippen LogP contribution in [0.1, 0.15) is 18.9 Å². The van der Waals surface area contributed by atoms with Gasteiger partial charge in [-0.25, -0.2) is 0 Å². The van der Waals surface area contributed by atoms with Crippen molar-refractivity contribution >= 4 is 29.2 Å². The Bertz CT molecular complexity index is 974. The molecule has 1 fully saturated rings. The number of anilines is 2. The van der Waals surface area contributed by atoms with Gasteiger partial charge in [0.05, 0.1) is 25.8 Å². The number of benzene rings is 2. The SMILES string of the molecule is CCc1ccccc1N1C[C@@H](C(=O)OCC(=O)Nc2ccc(OC)cc2OC)CC1=O. The molecule has 164 valence electrons. The van der Waals surface area contributed by atoms with Crippen molar-refractivity contribution in [3.63, 3.8) is 0 Å². The lowest BCUT2D eigenvalue weighted by Gasteiger charge is -2.19. The van der Waals surface area contributed by atoms with E-state index >= 15 is 0 Å². The Morgan fingerprint density at radius 1 is 1.13 bits per heavy atom. The van der Waals surface area contributed by atoms with Crippen LogP contribution in [0, 0.1) is 5.92 Å². The molecular formula is C23H26N2O6. The maximum atomic E-state index is 12.5. The first-order valence-electron chi connectivity index (χ1n) is 10.0. The zero-order valence-corrected chi connectivity index (χ0v) is 17.8. The van der Waals surface area contributed by atoms with E-state index in [-0.39, 0.29) is 18.9 Å². The van der Waals surface area contributed by atoms with E-state index in [0.717, 1.165) is 17.7 Å². The summed E-state index contributed by atoms with van der Waals surface area (Å²) in [5, 5.41) is 2.64. The summed E-state index contributed by atoms with van der Waals surface area (Å²) in [4.78, 5) is 38.8. The molecule has 0 saturated carbocycles. The van der Waals surface area contributed by atoms with E-state index in [4.69, 9.17) is 14.2 Å². The molecule has 1 aliphatic heterocycles. The van der Waals surface area contributed by atoms with Gasteiger partial charge in [0.1, 0.15) is 11.5 Å². The summed E-state index contributed by atoms with van der Waals surface area (Å²) in [7, 11) is 3.01. The van der Waals surface area contributed by atoms with Crippen LogP contribution >= 0.6 is 0 Å². The number of hydrogen-bond acceptors (Lipinski definition) is 6. The van der Waals surface area contributed by atoms with Gasteiger partial charge in [-0.1, -0.05) is 25.1 Å². The molecule has 1 saturated heterocycles. The maximum absolute atomic E-state index is 12.5. The number of carbonyl (C=O) groups is 3. The summed E-state index contributed by atoms with van der Waals surface area (Å²) >= 11 is 0. The first kappa shape index (κ1) is 22.1. The average molecular weight is 426 g/mol. The quantitative estimate of drug-likeness (QED) is 0.653. The number of ether oxygens (including phenoxy) is 3. The average Bonchev–Trinajstić information content (AvgIpc) is 3.19. The van der Waals surface area contributed by atoms with Crippen molar-refractivity contribution in [3.05, 3.63) is 48.0 Å². The van der Waals surface area contributed by atoms with Gasteiger partial charge in [-0.15, -0.1) is 0 Å². The molecule has 1 heterocycles. The Morgan fingerprint density at radius 3 is 2.61 bits per heavy atom. The van der Waals surface area contributed by atoms with Crippen LogP contribution in [0.25, 0.3) is 0 Å². The number of para-hydroxylation sites is 1. The third-order valence-corrected chi connectivity index (χ3v) is 5.15. The van der Waals surface area contributed by atoms with E-state index in [9.17, 15) is 14.4 Å². The highest BCUT2D eigenvalue weighted by Crippen LogP contribution is 2.30. The second kappa shape index (κ2) is 9.97. The van der Waals surface area contributed by atoms with Crippen LogP contribution in [-0.4, -0.2) is 45.2 Å². The number of nitrogens with one attached hydrogen (secondary N) is 1. The van der Waals surface area contributed by atoms with E-state index < -0.39 is 24.4 Å². The molecule has 0 spiro atoms. The molecule has 0 aliphatic carbocycles. The molecule has 8 nitrogen and oxygen atoms in total. The Morgan fingerprint density at radius 2 is 1.90 bits per heavy atom. The van der Waals surface area contributed by atoms with Crippen molar-refractivity contribution in [2.75, 3.05) is 37.6 Å². The Hall–Kier alpha value is -3.55. The van der Waals surface area contributed by atoms with Crippen LogP contribution in [-0.2, 0) is 25.5 Å². The minimum absolute atomic E-state index is 0.0603. The number of carbonyl (C=O) groups excluding carboxylic acids is 3. The first-order chi connectivity index (χ1) is 15.0. The monoisotopic (exact) mass is 426 g/mol. The van der Waals surface area contributed by atoms with Gasteiger partial charge in [0.15, 0.2) is 6.61 Å². The Labute approximate surface area is 181 Å². The molecule has 2 amide bonds. The zero-order valence-electron chi connectivity index (χ0n) is 17.8. The molecule has 0 bridgehead atoms. The number of nitrogens with zero attached hydrogens (tertiary/aromatic N) is 1. The predicted octanol–water partition coefficient (Wildman–Crippen LogP) is 2.80. The number of amides is 2. The summed E-state index contributed by atoms with van der Waals surface area (Å²) in [5.41, 5.74) is 2.29. The lowest BCUT2D eigenvalue weighted by molar-refractivity contribution is -0.151. The van der Waals surface area contributed by atoms with Gasteiger partial charge in [0.2, 0.25) is 5.91 Å². The smallest absolute Gasteiger partial charge is 0.311 e. The fourth-order valence-corrected chi connectivity index (χ4v) is 3.51. The van der Waals surface area contributed by atoms with Gasteiger partial charge in [-0.3, -0.25) is 14.4 Å². The van der Waals surface area contributed by atoms with Crippen molar-refractivity contribution in [3.8, 4) is 11.5 Å². The molecule has 0 radical (unpaired) electrons. The second-order valence-electron chi connectivity index (χ2n) is 7.11. The van der Waals surface area contributed by atoms with Crippen LogP contribution in [0.3, 0.4) is 0 Å². The molecule has 1 aliphatic rings. The topological polar surface area (TPSA) is 94.2 Å². The highest BCUT2D eigenvalue weighted by molar-refractivity contribution is 6.00. The highest BCUT2D eigenvalue weighted by atomic mass is 16.5. The summed E-state index contributed by atoms with van der Waals surface area (Å²) in [5.74, 6) is -0.806. The molecule has 2 aromatic rings. The molecule has 0 unspecified atom stereocenters. The van der Waals surface area contributed by atoms with E-state index in [1.165, 1.54) is 14.2 Å². The molecule has 3 rings (SSSR count). The van der Waals surface area contributed by atoms with E-state index in [1.807, 2.05) is 31.2 Å². The lowest BCUT2D eigenvalue weighted by Crippen LogP contribution is -2.28. The van der Waals surface area contributed by atoms with Crippen LogP contribution in [0.5, 0.6) is 11.5 Å². The summed E-state index contributed by atoms with van der Waals surface area (Å²) in [6.07, 6.45) is 0.842. The highest BCUT2D eigenvalue weighted by Gasteiger charge is 2.37. The van der Waals surface area contributed by atoms with Crippen LogP contribution in [0.15, 0.2) is 42.5 Å². The summed E-state index contributed by atoms with van der Waals surface area (Å²) < 4.78 is 15.5. The van der Waals surface area contributed by atoms with Gasteiger partial charge < -0.3 is 24.4 Å². The molecule has 0 aromatic heterocycles. The Balaban J connectivity index is 1.56. The van der Waals surface area contributed by atoms with Crippen molar-refractivity contribution in [2.24, 2.45) is 5.92 Å². The van der Waals surface area contributed by atoms with Gasteiger partial charge >= 0.3 is 5.97 Å². The fourth-order valence-electron chi connectivity index (χ4n) is 3.51. The summed E-state index contributed by atoms with van der Waals surface area (Å²) in [6, 6.07) is 12.6. The van der Waals surface area contributed by atoms with E-state index in [1.54, 1.807) is 23.1 Å². The molecular weight excluding hydrogens is 400 g/mol. The van der Waals surface area contributed by atoms with Gasteiger partial charge in [-0.2, -0.15) is 0 Å². The number of aryl methyl sites for hydroxylation is 1.